The molecule has 10 rings (SSSR count). The Morgan fingerprint density at radius 1 is 0.317 bits per heavy atom. The summed E-state index contributed by atoms with van der Waals surface area (Å²) < 4.78 is 215. The summed E-state index contributed by atoms with van der Waals surface area (Å²) in [6.45, 7) is 0. The number of rotatable bonds is 8. The number of nitriles is 4. The number of benzene rings is 6. The normalized spacial score (nSPS) is 14.6. The van der Waals surface area contributed by atoms with Crippen LogP contribution in [-0.2, 0) is 12.4 Å². The van der Waals surface area contributed by atoms with Crippen LogP contribution in [-0.4, -0.2) is 29.9 Å². The van der Waals surface area contributed by atoms with E-state index in [9.17, 15) is 47.4 Å². The summed E-state index contributed by atoms with van der Waals surface area (Å²) in [5.41, 5.74) is -23.0. The molecule has 0 bridgehead atoms. The average Bonchev–Trinajstić information content (AvgIpc) is 1.82. The number of allylic oxidation sites excluding steroid dienone is 10. The van der Waals surface area contributed by atoms with Crippen molar-refractivity contribution in [2.75, 3.05) is 0 Å². The molecule has 6 aromatic carbocycles. The third-order valence-corrected chi connectivity index (χ3v) is 12.6. The predicted octanol–water partition coefficient (Wildman–Crippen LogP) is 14.4. The van der Waals surface area contributed by atoms with Crippen LogP contribution in [0.25, 0.3) is 67.8 Å². The molecule has 2 heterocycles. The molecule has 0 saturated carbocycles. The monoisotopic (exact) mass is 1120 g/mol. The molecule has 24 heteroatoms. The van der Waals surface area contributed by atoms with E-state index in [0.717, 1.165) is 0 Å². The molecule has 400 valence electrons. The molecule has 0 fully saturated rings. The minimum atomic E-state index is -6.16. The van der Waals surface area contributed by atoms with Gasteiger partial charge in [0.05, 0.1) is 33.4 Å². The first-order valence-electron chi connectivity index (χ1n) is 23.1. The number of halogens is 14. The van der Waals surface area contributed by atoms with Crippen molar-refractivity contribution in [1.29, 1.82) is 21.0 Å². The lowest BCUT2D eigenvalue weighted by Gasteiger charge is -2.19. The molecule has 2 aliphatic carbocycles. The number of hydrogen-bond acceptors (Lipinski definition) is 10. The Kier molecular flexibility index (Phi) is 13.7. The zero-order valence-corrected chi connectivity index (χ0v) is 40.3. The number of nitrogens with zero attached hydrogens (tertiary/aromatic N) is 10. The minimum absolute atomic E-state index is 0.138. The summed E-state index contributed by atoms with van der Waals surface area (Å²) in [7, 11) is 0. The maximum absolute atomic E-state index is 16.6. The second kappa shape index (κ2) is 20.7. The van der Waals surface area contributed by atoms with E-state index >= 15 is 35.1 Å². The van der Waals surface area contributed by atoms with Crippen LogP contribution in [0, 0.1) is 91.9 Å². The zero-order chi connectivity index (χ0) is 58.7. The van der Waals surface area contributed by atoms with Gasteiger partial charge in [0.2, 0.25) is 0 Å². The van der Waals surface area contributed by atoms with E-state index in [1.165, 1.54) is 109 Å². The van der Waals surface area contributed by atoms with E-state index in [0.29, 0.717) is 0 Å². The molecule has 0 spiro atoms. The molecule has 0 amide bonds. The molecule has 2 aromatic heterocycles. The second-order valence-corrected chi connectivity index (χ2v) is 17.3. The molecule has 8 aromatic rings. The van der Waals surface area contributed by atoms with Gasteiger partial charge in [-0.15, -0.1) is 0 Å². The maximum Gasteiger partial charge on any atom is 0.422 e. The Bertz CT molecular complexity index is 3960. The molecule has 0 saturated heterocycles. The molecule has 0 aliphatic heterocycles. The van der Waals surface area contributed by atoms with Crippen molar-refractivity contribution in [2.45, 2.75) is 12.4 Å². The lowest BCUT2D eigenvalue weighted by Crippen LogP contribution is -2.17. The third kappa shape index (κ3) is 8.94. The van der Waals surface area contributed by atoms with Crippen LogP contribution in [0.2, 0.25) is 0 Å². The van der Waals surface area contributed by atoms with Gasteiger partial charge >= 0.3 is 12.4 Å². The highest BCUT2D eigenvalue weighted by atomic mass is 19.4. The van der Waals surface area contributed by atoms with Gasteiger partial charge in [0.1, 0.15) is 35.4 Å². The van der Waals surface area contributed by atoms with Crippen molar-refractivity contribution in [2.24, 2.45) is 0 Å². The van der Waals surface area contributed by atoms with Gasteiger partial charge in [-0.05, 0) is 0 Å². The van der Waals surface area contributed by atoms with Gasteiger partial charge in [-0.1, -0.05) is 121 Å². The van der Waals surface area contributed by atoms with Gasteiger partial charge in [0, 0.05) is 55.7 Å². The summed E-state index contributed by atoms with van der Waals surface area (Å²) in [6, 6.07) is 35.5. The van der Waals surface area contributed by atoms with E-state index in [2.05, 4.69) is 29.9 Å². The first kappa shape index (κ1) is 54.4. The lowest BCUT2D eigenvalue weighted by molar-refractivity contribution is -0.144. The molecule has 10 nitrogen and oxygen atoms in total. The zero-order valence-electron chi connectivity index (χ0n) is 40.3. The van der Waals surface area contributed by atoms with Gasteiger partial charge < -0.3 is 0 Å². The Balaban J connectivity index is 1.46. The van der Waals surface area contributed by atoms with Gasteiger partial charge in [0.15, 0.2) is 81.5 Å². The van der Waals surface area contributed by atoms with Crippen LogP contribution in [0.5, 0.6) is 0 Å². The van der Waals surface area contributed by atoms with Crippen LogP contribution in [0.3, 0.4) is 0 Å². The van der Waals surface area contributed by atoms with Crippen LogP contribution >= 0.6 is 0 Å². The molecule has 0 N–H and O–H groups in total. The molecule has 2 aliphatic rings. The first-order chi connectivity index (χ1) is 39.2. The van der Waals surface area contributed by atoms with Crippen LogP contribution < -0.4 is 0 Å². The van der Waals surface area contributed by atoms with E-state index in [1.807, 2.05) is 0 Å². The molecular formula is C58H20F14N10. The van der Waals surface area contributed by atoms with Crippen molar-refractivity contribution in [3.63, 3.8) is 0 Å². The quantitative estimate of drug-likeness (QED) is 0.0809. The number of hydrogen-bond donors (Lipinski definition) is 0. The van der Waals surface area contributed by atoms with Crippen molar-refractivity contribution in [3.8, 4) is 69.8 Å². The van der Waals surface area contributed by atoms with Gasteiger partial charge in [-0.3, -0.25) is 0 Å². The summed E-state index contributed by atoms with van der Waals surface area (Å²) >= 11 is 0. The highest BCUT2D eigenvalue weighted by Gasteiger charge is 2.50. The smallest absolute Gasteiger partial charge is 0.208 e. The highest BCUT2D eigenvalue weighted by molar-refractivity contribution is 6.16. The first-order valence-corrected chi connectivity index (χ1v) is 23.1. The summed E-state index contributed by atoms with van der Waals surface area (Å²) in [4.78, 5) is 26.8. The topological polar surface area (TPSA) is 172 Å². The fourth-order valence-corrected chi connectivity index (χ4v) is 9.19. The van der Waals surface area contributed by atoms with Gasteiger partial charge in [-0.2, -0.15) is 47.4 Å². The maximum atomic E-state index is 16.6. The van der Waals surface area contributed by atoms with Crippen molar-refractivity contribution < 1.29 is 61.5 Å². The van der Waals surface area contributed by atoms with Crippen LogP contribution in [0.4, 0.5) is 61.5 Å². The van der Waals surface area contributed by atoms with Crippen LogP contribution in [0.1, 0.15) is 33.9 Å². The van der Waals surface area contributed by atoms with E-state index < -0.39 is 149 Å². The fourth-order valence-electron chi connectivity index (χ4n) is 9.19. The standard InChI is InChI=1S/C58H20F14N10/c59-43-39(44(60)48(64)41(47(43)63)57(67,68)69)31(23-75)35-34-30(22-74)38(56-81-53(27-17-9-3-10-18-27)78-54(82-56)28-19-11-4-12-20-28)36(32(24-76)40-45(61)49(65)42(58(70,71)72)50(66)46(40)62)33(34)29(21-73)37(35)55-79-51(25-13-5-1-6-14-25)77-52(80-55)26-15-7-2-8-16-26/h1-20H/b35-31+,36-32+. The highest BCUT2D eigenvalue weighted by Crippen LogP contribution is 2.59. The SMILES string of the molecule is N#CC1=C(c2nc(-c3ccccc3)nc(-c3ccccc3)n2)/C(=C(\C#N)c2c(F)c(F)c(C(F)(F)F)c(F)c2F)C2=C1/C(=C(/C#N)c1c(F)c(F)c(C(F)(F)F)c(F)c1F)C(c1nc(-c3ccccc3)nc(-c3ccccc3)n1)=C2C#N. The molecule has 0 unspecified atom stereocenters. The summed E-state index contributed by atoms with van der Waals surface area (Å²) in [6.07, 6.45) is -12.3. The third-order valence-electron chi connectivity index (χ3n) is 12.6. The van der Waals surface area contributed by atoms with Crippen molar-refractivity contribution in [1.82, 2.24) is 29.9 Å². The van der Waals surface area contributed by atoms with Crippen molar-refractivity contribution in [3.05, 3.63) is 235 Å². The summed E-state index contributed by atoms with van der Waals surface area (Å²) in [5.74, 6) is -27.2. The summed E-state index contributed by atoms with van der Waals surface area (Å²) in [5, 5.41) is 45.3. The van der Waals surface area contributed by atoms with Gasteiger partial charge in [-0.25, -0.2) is 65.0 Å². The van der Waals surface area contributed by atoms with E-state index in [4.69, 9.17) is 0 Å². The molecular weight excluding hydrogens is 1100 g/mol. The van der Waals surface area contributed by atoms with E-state index in [-0.39, 0.29) is 45.6 Å². The Hall–Kier alpha value is -11.0. The average molecular weight is 1120 g/mol. The molecule has 0 atom stereocenters. The molecule has 82 heavy (non-hydrogen) atoms. The van der Waals surface area contributed by atoms with Crippen molar-refractivity contribution >= 4 is 22.3 Å². The largest absolute Gasteiger partial charge is 0.422 e. The van der Waals surface area contributed by atoms with Crippen LogP contribution in [0.15, 0.2) is 155 Å². The molecule has 0 radical (unpaired) electrons. The Morgan fingerprint density at radius 3 is 0.756 bits per heavy atom. The van der Waals surface area contributed by atoms with Gasteiger partial charge in [0.25, 0.3) is 0 Å². The lowest BCUT2D eigenvalue weighted by atomic mass is 9.86. The predicted molar refractivity (Wildman–Crippen MR) is 261 cm³/mol. The Labute approximate surface area is 450 Å². The minimum Gasteiger partial charge on any atom is -0.208 e. The second-order valence-electron chi connectivity index (χ2n) is 17.3. The fraction of sp³-hybridized carbons (Fsp3) is 0.0345. The Morgan fingerprint density at radius 2 is 0.549 bits per heavy atom. The number of aromatic nitrogens is 6. The number of alkyl halides is 6. The van der Waals surface area contributed by atoms with E-state index in [1.54, 1.807) is 36.4 Å².